The van der Waals surface area contributed by atoms with Crippen LogP contribution in [0, 0.1) is 0 Å². The van der Waals surface area contributed by atoms with Crippen molar-refractivity contribution in [1.29, 1.82) is 0 Å². The average molecular weight is 268 g/mol. The zero-order chi connectivity index (χ0) is 13.6. The van der Waals surface area contributed by atoms with E-state index in [4.69, 9.17) is 0 Å². The summed E-state index contributed by atoms with van der Waals surface area (Å²) in [7, 11) is 0. The molecule has 2 heterocycles. The number of nitrogens with zero attached hydrogens (tertiary/aromatic N) is 3. The second-order valence-corrected chi connectivity index (χ2v) is 5.11. The summed E-state index contributed by atoms with van der Waals surface area (Å²) in [5.41, 5.74) is 2.41. The van der Waals surface area contributed by atoms with E-state index in [1.165, 1.54) is 5.56 Å². The molecule has 4 heteroatoms. The number of piperazine rings is 1. The smallest absolute Gasteiger partial charge is 0.151 e. The van der Waals surface area contributed by atoms with Crippen LogP contribution in [0.4, 0.5) is 5.82 Å². The van der Waals surface area contributed by atoms with Crippen molar-refractivity contribution in [1.82, 2.24) is 15.5 Å². The molecule has 0 amide bonds. The molecule has 1 fully saturated rings. The van der Waals surface area contributed by atoms with E-state index >= 15 is 0 Å². The second-order valence-electron chi connectivity index (χ2n) is 5.11. The van der Waals surface area contributed by atoms with Crippen LogP contribution in [0.5, 0.6) is 0 Å². The van der Waals surface area contributed by atoms with Gasteiger partial charge >= 0.3 is 0 Å². The molecule has 1 N–H and O–H groups in total. The standard InChI is InChI=1S/C16H20N4/c1-2-4-14(5-3-1)6-7-15-8-9-16(19-18-15)20-12-10-17-11-13-20/h1-5,8-9,17H,6-7,10-13H2. The molecule has 3 rings (SSSR count). The number of nitrogens with one attached hydrogen (secondary N) is 1. The molecule has 0 unspecified atom stereocenters. The summed E-state index contributed by atoms with van der Waals surface area (Å²) in [5, 5.41) is 12.1. The largest absolute Gasteiger partial charge is 0.353 e. The van der Waals surface area contributed by atoms with E-state index in [0.717, 1.165) is 50.5 Å². The molecule has 2 aromatic rings. The third-order valence-corrected chi connectivity index (χ3v) is 3.66. The molecule has 1 aromatic heterocycles. The minimum Gasteiger partial charge on any atom is -0.353 e. The lowest BCUT2D eigenvalue weighted by Gasteiger charge is -2.27. The Morgan fingerprint density at radius 1 is 0.900 bits per heavy atom. The Labute approximate surface area is 119 Å². The first-order chi connectivity index (χ1) is 9.92. The van der Waals surface area contributed by atoms with Gasteiger partial charge in [-0.25, -0.2) is 0 Å². The fraction of sp³-hybridized carbons (Fsp3) is 0.375. The van der Waals surface area contributed by atoms with Gasteiger partial charge in [-0.1, -0.05) is 30.3 Å². The van der Waals surface area contributed by atoms with Crippen molar-refractivity contribution in [3.63, 3.8) is 0 Å². The zero-order valence-corrected chi connectivity index (χ0v) is 11.6. The van der Waals surface area contributed by atoms with E-state index in [-0.39, 0.29) is 0 Å². The Morgan fingerprint density at radius 2 is 1.70 bits per heavy atom. The van der Waals surface area contributed by atoms with Gasteiger partial charge < -0.3 is 10.2 Å². The molecule has 0 atom stereocenters. The summed E-state index contributed by atoms with van der Waals surface area (Å²) < 4.78 is 0. The highest BCUT2D eigenvalue weighted by molar-refractivity contribution is 5.38. The lowest BCUT2D eigenvalue weighted by molar-refractivity contribution is 0.582. The van der Waals surface area contributed by atoms with Gasteiger partial charge in [0.2, 0.25) is 0 Å². The first-order valence-corrected chi connectivity index (χ1v) is 7.24. The fourth-order valence-corrected chi connectivity index (χ4v) is 2.47. The van der Waals surface area contributed by atoms with Crippen LogP contribution in [-0.4, -0.2) is 36.4 Å². The van der Waals surface area contributed by atoms with Crippen LogP contribution >= 0.6 is 0 Å². The Morgan fingerprint density at radius 3 is 2.40 bits per heavy atom. The highest BCUT2D eigenvalue weighted by Gasteiger charge is 2.11. The van der Waals surface area contributed by atoms with Gasteiger partial charge in [0.25, 0.3) is 0 Å². The van der Waals surface area contributed by atoms with Crippen LogP contribution in [-0.2, 0) is 12.8 Å². The summed E-state index contributed by atoms with van der Waals surface area (Å²) in [6, 6.07) is 14.7. The SMILES string of the molecule is c1ccc(CCc2ccc(N3CCNCC3)nn2)cc1. The molecule has 0 bridgehead atoms. The molecular weight excluding hydrogens is 248 g/mol. The Hall–Kier alpha value is -1.94. The van der Waals surface area contributed by atoms with Crippen molar-refractivity contribution >= 4 is 5.82 Å². The minimum absolute atomic E-state index is 0.943. The van der Waals surface area contributed by atoms with E-state index in [2.05, 4.69) is 56.8 Å². The summed E-state index contributed by atoms with van der Waals surface area (Å²) >= 11 is 0. The van der Waals surface area contributed by atoms with E-state index in [1.807, 2.05) is 6.07 Å². The van der Waals surface area contributed by atoms with Gasteiger partial charge in [0.1, 0.15) is 0 Å². The minimum atomic E-state index is 0.943. The maximum Gasteiger partial charge on any atom is 0.151 e. The van der Waals surface area contributed by atoms with Crippen molar-refractivity contribution in [2.75, 3.05) is 31.1 Å². The molecule has 20 heavy (non-hydrogen) atoms. The topological polar surface area (TPSA) is 41.0 Å². The number of aromatic nitrogens is 2. The normalized spacial score (nSPS) is 15.3. The van der Waals surface area contributed by atoms with E-state index in [9.17, 15) is 0 Å². The second kappa shape index (κ2) is 6.48. The third kappa shape index (κ3) is 3.33. The van der Waals surface area contributed by atoms with Crippen LogP contribution < -0.4 is 10.2 Å². The van der Waals surface area contributed by atoms with Crippen LogP contribution in [0.2, 0.25) is 0 Å². The number of aryl methyl sites for hydroxylation is 2. The van der Waals surface area contributed by atoms with Gasteiger partial charge in [0.15, 0.2) is 5.82 Å². The van der Waals surface area contributed by atoms with Crippen LogP contribution in [0.15, 0.2) is 42.5 Å². The molecule has 1 aliphatic rings. The van der Waals surface area contributed by atoms with Crippen LogP contribution in [0.1, 0.15) is 11.3 Å². The van der Waals surface area contributed by atoms with Crippen molar-refractivity contribution in [2.24, 2.45) is 0 Å². The van der Waals surface area contributed by atoms with Gasteiger partial charge in [-0.3, -0.25) is 0 Å². The Kier molecular flexibility index (Phi) is 4.23. The van der Waals surface area contributed by atoms with E-state index in [0.29, 0.717) is 0 Å². The molecule has 1 saturated heterocycles. The molecule has 0 radical (unpaired) electrons. The van der Waals surface area contributed by atoms with E-state index < -0.39 is 0 Å². The predicted molar refractivity (Wildman–Crippen MR) is 81.0 cm³/mol. The summed E-state index contributed by atoms with van der Waals surface area (Å²) in [4.78, 5) is 2.28. The summed E-state index contributed by atoms with van der Waals surface area (Å²) in [6.07, 6.45) is 1.96. The zero-order valence-electron chi connectivity index (χ0n) is 11.6. The Balaban J connectivity index is 1.58. The quantitative estimate of drug-likeness (QED) is 0.916. The van der Waals surface area contributed by atoms with Gasteiger partial charge in [0.05, 0.1) is 5.69 Å². The molecular formula is C16H20N4. The lowest BCUT2D eigenvalue weighted by Crippen LogP contribution is -2.44. The van der Waals surface area contributed by atoms with Crippen LogP contribution in [0.3, 0.4) is 0 Å². The van der Waals surface area contributed by atoms with Crippen molar-refractivity contribution in [2.45, 2.75) is 12.8 Å². The van der Waals surface area contributed by atoms with Crippen molar-refractivity contribution in [3.8, 4) is 0 Å². The fourth-order valence-electron chi connectivity index (χ4n) is 2.47. The predicted octanol–water partition coefficient (Wildman–Crippen LogP) is 1.67. The van der Waals surface area contributed by atoms with Gasteiger partial charge in [-0.15, -0.1) is 5.10 Å². The van der Waals surface area contributed by atoms with Gasteiger partial charge in [-0.2, -0.15) is 5.10 Å². The van der Waals surface area contributed by atoms with Crippen molar-refractivity contribution in [3.05, 3.63) is 53.7 Å². The molecule has 104 valence electrons. The number of benzene rings is 1. The highest BCUT2D eigenvalue weighted by Crippen LogP contribution is 2.11. The molecule has 4 nitrogen and oxygen atoms in total. The number of hydrogen-bond acceptors (Lipinski definition) is 4. The molecule has 0 aliphatic carbocycles. The number of anilines is 1. The summed E-state index contributed by atoms with van der Waals surface area (Å²) in [5.74, 6) is 0.995. The number of rotatable bonds is 4. The first-order valence-electron chi connectivity index (χ1n) is 7.24. The van der Waals surface area contributed by atoms with Gasteiger partial charge in [0, 0.05) is 26.2 Å². The highest BCUT2D eigenvalue weighted by atomic mass is 15.3. The molecule has 0 spiro atoms. The monoisotopic (exact) mass is 268 g/mol. The molecule has 1 aromatic carbocycles. The maximum atomic E-state index is 4.36. The summed E-state index contributed by atoms with van der Waals surface area (Å²) in [6.45, 7) is 4.07. The van der Waals surface area contributed by atoms with E-state index in [1.54, 1.807) is 0 Å². The van der Waals surface area contributed by atoms with Crippen molar-refractivity contribution < 1.29 is 0 Å². The Bertz CT molecular complexity index is 518. The number of hydrogen-bond donors (Lipinski definition) is 1. The maximum absolute atomic E-state index is 4.36. The third-order valence-electron chi connectivity index (χ3n) is 3.66. The molecule has 0 saturated carbocycles. The van der Waals surface area contributed by atoms with Gasteiger partial charge in [-0.05, 0) is 30.5 Å². The lowest BCUT2D eigenvalue weighted by atomic mass is 10.1. The average Bonchev–Trinajstić information content (AvgIpc) is 2.55. The van der Waals surface area contributed by atoms with Crippen LogP contribution in [0.25, 0.3) is 0 Å². The first kappa shape index (κ1) is 13.1. The molecule has 1 aliphatic heterocycles.